The summed E-state index contributed by atoms with van der Waals surface area (Å²) in [6.07, 6.45) is -4.86. The van der Waals surface area contributed by atoms with Crippen molar-refractivity contribution < 1.29 is 34.7 Å². The zero-order chi connectivity index (χ0) is 27.0. The van der Waals surface area contributed by atoms with Gasteiger partial charge in [-0.15, -0.1) is 35.8 Å². The first-order valence-electron chi connectivity index (χ1n) is 9.78. The van der Waals surface area contributed by atoms with Crippen molar-refractivity contribution in [2.75, 3.05) is 9.44 Å². The van der Waals surface area contributed by atoms with Crippen molar-refractivity contribution in [3.8, 4) is 16.9 Å². The molecule has 0 aliphatic carbocycles. The Hall–Kier alpha value is -2.49. The van der Waals surface area contributed by atoms with Crippen LogP contribution in [0.15, 0.2) is 75.1 Å². The van der Waals surface area contributed by atoms with Gasteiger partial charge in [0.05, 0.1) is 20.0 Å². The smallest absolute Gasteiger partial charge is 0.406 e. The molecule has 4 rings (SSSR count). The average molecular weight is 630 g/mol. The predicted octanol–water partition coefficient (Wildman–Crippen LogP) is 7.28. The van der Waals surface area contributed by atoms with E-state index < -0.39 is 32.2 Å². The van der Waals surface area contributed by atoms with Crippen LogP contribution in [0.3, 0.4) is 0 Å². The molecule has 0 saturated heterocycles. The van der Waals surface area contributed by atoms with Gasteiger partial charge >= 0.3 is 6.36 Å². The number of alkyl halides is 3. The molecule has 2 aromatic carbocycles. The average Bonchev–Trinajstić information content (AvgIpc) is 3.43. The molecule has 0 bridgehead atoms. The van der Waals surface area contributed by atoms with Crippen LogP contribution in [-0.2, 0) is 20.0 Å². The first kappa shape index (κ1) is 27.5. The number of benzene rings is 2. The van der Waals surface area contributed by atoms with Crippen molar-refractivity contribution in [2.24, 2.45) is 0 Å². The SMILES string of the molecule is O=S(=O)(Nc1ccc(-c2ccc(OC(F)(F)F)cc2)cc1NS(=O)(=O)c1ccc(Cl)s1)c1ccc(Cl)s1. The minimum Gasteiger partial charge on any atom is -0.406 e. The largest absolute Gasteiger partial charge is 0.573 e. The molecule has 0 aliphatic rings. The summed E-state index contributed by atoms with van der Waals surface area (Å²) in [5, 5.41) is 0. The molecule has 2 N–H and O–H groups in total. The van der Waals surface area contributed by atoms with Gasteiger partial charge in [0.15, 0.2) is 0 Å². The van der Waals surface area contributed by atoms with Gasteiger partial charge in [0.25, 0.3) is 20.0 Å². The number of nitrogens with one attached hydrogen (secondary N) is 2. The van der Waals surface area contributed by atoms with E-state index in [1.54, 1.807) is 0 Å². The Labute approximate surface area is 227 Å². The van der Waals surface area contributed by atoms with E-state index >= 15 is 0 Å². The normalized spacial score (nSPS) is 12.4. The van der Waals surface area contributed by atoms with Crippen LogP contribution in [0.4, 0.5) is 24.5 Å². The fourth-order valence-corrected chi connectivity index (χ4v) is 8.14. The van der Waals surface area contributed by atoms with Crippen LogP contribution in [0.25, 0.3) is 11.1 Å². The molecule has 0 radical (unpaired) electrons. The minimum absolute atomic E-state index is 0.0966. The molecule has 4 aromatic rings. The lowest BCUT2D eigenvalue weighted by atomic mass is 10.0. The number of rotatable bonds is 8. The van der Waals surface area contributed by atoms with E-state index in [-0.39, 0.29) is 28.5 Å². The highest BCUT2D eigenvalue weighted by Gasteiger charge is 2.31. The van der Waals surface area contributed by atoms with E-state index in [1.807, 2.05) is 0 Å². The third-order valence-corrected chi connectivity index (χ3v) is 10.7. The van der Waals surface area contributed by atoms with Crippen molar-refractivity contribution in [1.29, 1.82) is 0 Å². The number of anilines is 2. The summed E-state index contributed by atoms with van der Waals surface area (Å²) in [7, 11) is -8.30. The van der Waals surface area contributed by atoms with Crippen LogP contribution >= 0.6 is 45.9 Å². The first-order chi connectivity index (χ1) is 17.2. The molecule has 2 heterocycles. The molecule has 0 aliphatic heterocycles. The van der Waals surface area contributed by atoms with Crippen LogP contribution in [0, 0.1) is 0 Å². The van der Waals surface area contributed by atoms with E-state index in [0.29, 0.717) is 11.1 Å². The summed E-state index contributed by atoms with van der Waals surface area (Å²) in [5.74, 6) is -0.439. The molecular weight excluding hydrogens is 616 g/mol. The number of thiophene rings is 2. The fourth-order valence-electron chi connectivity index (χ4n) is 3.02. The number of ether oxygens (including phenoxy) is 1. The standard InChI is InChI=1S/C21H13Cl2F3N2O5S4/c22-17-7-9-19(34-17)36(29,30)27-15-6-3-13(12-1-4-14(5-2-12)33-21(24,25)26)11-16(15)28-37(31,32)20-10-8-18(23)35-20/h1-11,27-28H. The number of hydrogen-bond acceptors (Lipinski definition) is 7. The van der Waals surface area contributed by atoms with Crippen LogP contribution in [-0.4, -0.2) is 23.2 Å². The van der Waals surface area contributed by atoms with Crippen LogP contribution in [0.2, 0.25) is 8.67 Å². The summed E-state index contributed by atoms with van der Waals surface area (Å²) in [6, 6.07) is 14.4. The number of sulfonamides is 2. The predicted molar refractivity (Wildman–Crippen MR) is 139 cm³/mol. The molecule has 196 valence electrons. The molecule has 16 heteroatoms. The Bertz CT molecular complexity index is 1650. The highest BCUT2D eigenvalue weighted by atomic mass is 35.5. The maximum atomic E-state index is 13.0. The summed E-state index contributed by atoms with van der Waals surface area (Å²) < 4.78 is 97.8. The molecular formula is C21H13Cl2F3N2O5S4. The van der Waals surface area contributed by atoms with Gasteiger partial charge in [0, 0.05) is 0 Å². The second kappa shape index (κ2) is 10.3. The Kier molecular flexibility index (Phi) is 7.70. The molecule has 0 atom stereocenters. The van der Waals surface area contributed by atoms with Gasteiger partial charge in [-0.25, -0.2) is 16.8 Å². The second-order valence-electron chi connectivity index (χ2n) is 7.16. The second-order valence-corrected chi connectivity index (χ2v) is 14.4. The number of hydrogen-bond donors (Lipinski definition) is 2. The maximum absolute atomic E-state index is 13.0. The zero-order valence-corrected chi connectivity index (χ0v) is 22.7. The van der Waals surface area contributed by atoms with Crippen molar-refractivity contribution in [2.45, 2.75) is 14.8 Å². The molecule has 2 aromatic heterocycles. The molecule has 0 unspecified atom stereocenters. The van der Waals surface area contributed by atoms with Crippen molar-refractivity contribution in [3.05, 3.63) is 75.4 Å². The van der Waals surface area contributed by atoms with Crippen LogP contribution in [0.5, 0.6) is 5.75 Å². The topological polar surface area (TPSA) is 102 Å². The van der Waals surface area contributed by atoms with Crippen molar-refractivity contribution >= 4 is 77.3 Å². The van der Waals surface area contributed by atoms with Crippen LogP contribution < -0.4 is 14.2 Å². The van der Waals surface area contributed by atoms with Gasteiger partial charge in [0.2, 0.25) is 0 Å². The monoisotopic (exact) mass is 628 g/mol. The number of halogens is 5. The maximum Gasteiger partial charge on any atom is 0.573 e. The first-order valence-corrected chi connectivity index (χ1v) is 15.1. The minimum atomic E-state index is -4.86. The van der Waals surface area contributed by atoms with Gasteiger partial charge < -0.3 is 4.74 Å². The van der Waals surface area contributed by atoms with Crippen LogP contribution in [0.1, 0.15) is 0 Å². The van der Waals surface area contributed by atoms with Gasteiger partial charge in [0.1, 0.15) is 14.2 Å². The molecule has 0 amide bonds. The highest BCUT2D eigenvalue weighted by molar-refractivity contribution is 7.95. The Morgan fingerprint density at radius 3 is 1.62 bits per heavy atom. The Balaban J connectivity index is 1.73. The lowest BCUT2D eigenvalue weighted by Gasteiger charge is -2.16. The third-order valence-electron chi connectivity index (χ3n) is 4.56. The Morgan fingerprint density at radius 2 is 1.16 bits per heavy atom. The lowest BCUT2D eigenvalue weighted by Crippen LogP contribution is -2.17. The summed E-state index contributed by atoms with van der Waals surface area (Å²) in [4.78, 5) is 0. The zero-order valence-electron chi connectivity index (χ0n) is 17.9. The molecule has 0 fully saturated rings. The van der Waals surface area contributed by atoms with Gasteiger partial charge in [-0.1, -0.05) is 41.4 Å². The summed E-state index contributed by atoms with van der Waals surface area (Å²) in [6.45, 7) is 0. The summed E-state index contributed by atoms with van der Waals surface area (Å²) >= 11 is 13.3. The van der Waals surface area contributed by atoms with E-state index in [2.05, 4.69) is 14.2 Å². The van der Waals surface area contributed by atoms with E-state index in [1.165, 1.54) is 54.6 Å². The van der Waals surface area contributed by atoms with Gasteiger partial charge in [-0.3, -0.25) is 9.44 Å². The quantitative estimate of drug-likeness (QED) is 0.213. The molecule has 0 spiro atoms. The van der Waals surface area contributed by atoms with Gasteiger partial charge in [-0.2, -0.15) is 0 Å². The van der Waals surface area contributed by atoms with E-state index in [9.17, 15) is 30.0 Å². The molecule has 7 nitrogen and oxygen atoms in total. The van der Waals surface area contributed by atoms with E-state index in [4.69, 9.17) is 23.2 Å². The fraction of sp³-hybridized carbons (Fsp3) is 0.0476. The third kappa shape index (κ3) is 6.89. The lowest BCUT2D eigenvalue weighted by molar-refractivity contribution is -0.274. The van der Waals surface area contributed by atoms with E-state index in [0.717, 1.165) is 34.8 Å². The Morgan fingerprint density at radius 1 is 0.676 bits per heavy atom. The highest BCUT2D eigenvalue weighted by Crippen LogP contribution is 2.36. The van der Waals surface area contributed by atoms with Crippen molar-refractivity contribution in [3.63, 3.8) is 0 Å². The van der Waals surface area contributed by atoms with Crippen molar-refractivity contribution in [1.82, 2.24) is 0 Å². The molecule has 37 heavy (non-hydrogen) atoms. The summed E-state index contributed by atoms with van der Waals surface area (Å²) in [5.41, 5.74) is 0.552. The molecule has 0 saturated carbocycles. The van der Waals surface area contributed by atoms with Gasteiger partial charge in [-0.05, 0) is 59.7 Å².